The summed E-state index contributed by atoms with van der Waals surface area (Å²) in [7, 11) is 2.20. The highest BCUT2D eigenvalue weighted by molar-refractivity contribution is 4.65. The van der Waals surface area contributed by atoms with Gasteiger partial charge >= 0.3 is 0 Å². The monoisotopic (exact) mass is 173 g/mol. The van der Waals surface area contributed by atoms with Crippen molar-refractivity contribution in [2.24, 2.45) is 0 Å². The Labute approximate surface area is 79.2 Å². The zero-order chi connectivity index (χ0) is 10.1. The molecular formula is C11H27N. The van der Waals surface area contributed by atoms with Crippen LogP contribution in [0.5, 0.6) is 0 Å². The molecule has 0 amide bonds. The van der Waals surface area contributed by atoms with Gasteiger partial charge in [0.05, 0.1) is 0 Å². The Bertz CT molecular complexity index is 79.1. The molecule has 0 fully saturated rings. The second-order valence-corrected chi connectivity index (χ2v) is 3.40. The van der Waals surface area contributed by atoms with Gasteiger partial charge in [0.2, 0.25) is 0 Å². The summed E-state index contributed by atoms with van der Waals surface area (Å²) in [5, 5.41) is 0. The molecule has 0 unspecified atom stereocenters. The van der Waals surface area contributed by atoms with Crippen molar-refractivity contribution in [1.29, 1.82) is 0 Å². The van der Waals surface area contributed by atoms with Crippen LogP contribution in [0.3, 0.4) is 0 Å². The molecule has 0 aromatic rings. The van der Waals surface area contributed by atoms with Crippen LogP contribution in [0.1, 0.15) is 54.4 Å². The van der Waals surface area contributed by atoms with E-state index >= 15 is 0 Å². The predicted molar refractivity (Wildman–Crippen MR) is 58.6 cm³/mol. The first-order valence-corrected chi connectivity index (χ1v) is 5.31. The van der Waals surface area contributed by atoms with Crippen LogP contribution in [0.2, 0.25) is 0 Å². The Kier molecular flexibility index (Phi) is 10.9. The van der Waals surface area contributed by atoms with Crippen LogP contribution in [0.15, 0.2) is 0 Å². The van der Waals surface area contributed by atoms with Crippen molar-refractivity contribution >= 4 is 0 Å². The van der Waals surface area contributed by atoms with Crippen molar-refractivity contribution in [2.75, 3.05) is 7.05 Å². The zero-order valence-corrected chi connectivity index (χ0v) is 10.0. The van der Waals surface area contributed by atoms with Crippen LogP contribution >= 0.6 is 0 Å². The van der Waals surface area contributed by atoms with E-state index in [1.54, 1.807) is 0 Å². The average molecular weight is 173 g/mol. The molecule has 0 radical (unpaired) electrons. The second-order valence-electron chi connectivity index (χ2n) is 3.40. The topological polar surface area (TPSA) is 3.24 Å². The molecule has 0 rings (SSSR count). The average Bonchev–Trinajstić information content (AvgIpc) is 2.07. The smallest absolute Gasteiger partial charge is 0.00664 e. The molecule has 1 atom stereocenters. The van der Waals surface area contributed by atoms with Crippen LogP contribution in [0.4, 0.5) is 0 Å². The Hall–Kier alpha value is -0.0400. The standard InChI is InChI=1S/C9H21N.C2H6/c1-6-7-9(4)10(5)8(2)3;1-2/h8-9H,6-7H2,1-5H3;1-2H3/t9-;/m1./s1. The number of hydrogen-bond acceptors (Lipinski definition) is 1. The maximum absolute atomic E-state index is 2.42. The van der Waals surface area contributed by atoms with Gasteiger partial charge in [-0.3, -0.25) is 0 Å². The molecular weight excluding hydrogens is 146 g/mol. The molecule has 0 aliphatic carbocycles. The van der Waals surface area contributed by atoms with E-state index in [1.807, 2.05) is 13.8 Å². The lowest BCUT2D eigenvalue weighted by atomic mass is 10.1. The van der Waals surface area contributed by atoms with Gasteiger partial charge in [-0.25, -0.2) is 0 Å². The molecule has 0 N–H and O–H groups in total. The number of rotatable bonds is 4. The van der Waals surface area contributed by atoms with E-state index in [9.17, 15) is 0 Å². The minimum atomic E-state index is 0.682. The largest absolute Gasteiger partial charge is 0.301 e. The van der Waals surface area contributed by atoms with Crippen LogP contribution in [-0.2, 0) is 0 Å². The van der Waals surface area contributed by atoms with Gasteiger partial charge in [0.15, 0.2) is 0 Å². The minimum absolute atomic E-state index is 0.682. The summed E-state index contributed by atoms with van der Waals surface area (Å²) in [6, 6.07) is 1.42. The quantitative estimate of drug-likeness (QED) is 0.628. The Morgan fingerprint density at radius 3 is 1.75 bits per heavy atom. The van der Waals surface area contributed by atoms with E-state index in [0.717, 1.165) is 6.04 Å². The summed E-state index contributed by atoms with van der Waals surface area (Å²) < 4.78 is 0. The third-order valence-electron chi connectivity index (χ3n) is 2.22. The highest BCUT2D eigenvalue weighted by Crippen LogP contribution is 2.06. The summed E-state index contributed by atoms with van der Waals surface area (Å²) in [6.45, 7) is 13.0. The maximum atomic E-state index is 2.42. The van der Waals surface area contributed by atoms with Gasteiger partial charge in [-0.15, -0.1) is 0 Å². The van der Waals surface area contributed by atoms with Crippen molar-refractivity contribution in [1.82, 2.24) is 4.90 Å². The maximum Gasteiger partial charge on any atom is 0.00664 e. The molecule has 0 aromatic heterocycles. The summed E-state index contributed by atoms with van der Waals surface area (Å²) in [6.07, 6.45) is 2.60. The van der Waals surface area contributed by atoms with Gasteiger partial charge in [-0.05, 0) is 34.2 Å². The molecule has 76 valence electrons. The molecule has 1 nitrogen and oxygen atoms in total. The number of nitrogens with zero attached hydrogens (tertiary/aromatic N) is 1. The van der Waals surface area contributed by atoms with E-state index < -0.39 is 0 Å². The first kappa shape index (κ1) is 14.5. The first-order chi connectivity index (χ1) is 5.59. The van der Waals surface area contributed by atoms with Crippen LogP contribution in [0.25, 0.3) is 0 Å². The van der Waals surface area contributed by atoms with Crippen LogP contribution in [0, 0.1) is 0 Å². The van der Waals surface area contributed by atoms with E-state index in [1.165, 1.54) is 12.8 Å². The lowest BCUT2D eigenvalue weighted by Crippen LogP contribution is -2.34. The molecule has 12 heavy (non-hydrogen) atoms. The third-order valence-corrected chi connectivity index (χ3v) is 2.22. The van der Waals surface area contributed by atoms with Crippen molar-refractivity contribution in [3.8, 4) is 0 Å². The summed E-state index contributed by atoms with van der Waals surface area (Å²) >= 11 is 0. The highest BCUT2D eigenvalue weighted by atomic mass is 15.1. The van der Waals surface area contributed by atoms with Crippen LogP contribution < -0.4 is 0 Å². The fourth-order valence-electron chi connectivity index (χ4n) is 1.13. The van der Waals surface area contributed by atoms with E-state index in [0.29, 0.717) is 6.04 Å². The third kappa shape index (κ3) is 6.66. The lowest BCUT2D eigenvalue weighted by Gasteiger charge is -2.27. The molecule has 0 saturated carbocycles. The molecule has 1 heteroatoms. The van der Waals surface area contributed by atoms with Gasteiger partial charge < -0.3 is 4.90 Å². The molecule has 0 aromatic carbocycles. The zero-order valence-electron chi connectivity index (χ0n) is 10.0. The van der Waals surface area contributed by atoms with E-state index in [4.69, 9.17) is 0 Å². The second kappa shape index (κ2) is 9.05. The van der Waals surface area contributed by atoms with Crippen molar-refractivity contribution in [3.05, 3.63) is 0 Å². The van der Waals surface area contributed by atoms with Gasteiger partial charge in [-0.2, -0.15) is 0 Å². The molecule has 0 bridgehead atoms. The Morgan fingerprint density at radius 1 is 1.08 bits per heavy atom. The van der Waals surface area contributed by atoms with Gasteiger partial charge in [0, 0.05) is 12.1 Å². The fraction of sp³-hybridized carbons (Fsp3) is 1.00. The van der Waals surface area contributed by atoms with Gasteiger partial charge in [0.1, 0.15) is 0 Å². The van der Waals surface area contributed by atoms with Crippen molar-refractivity contribution in [3.63, 3.8) is 0 Å². The Morgan fingerprint density at radius 2 is 1.50 bits per heavy atom. The molecule has 0 saturated heterocycles. The fourth-order valence-corrected chi connectivity index (χ4v) is 1.13. The lowest BCUT2D eigenvalue weighted by molar-refractivity contribution is 0.198. The van der Waals surface area contributed by atoms with Gasteiger partial charge in [-0.1, -0.05) is 27.2 Å². The van der Waals surface area contributed by atoms with Crippen LogP contribution in [-0.4, -0.2) is 24.0 Å². The summed E-state index contributed by atoms with van der Waals surface area (Å²) in [5.41, 5.74) is 0. The first-order valence-electron chi connectivity index (χ1n) is 5.31. The van der Waals surface area contributed by atoms with E-state index in [2.05, 4.69) is 39.6 Å². The summed E-state index contributed by atoms with van der Waals surface area (Å²) in [4.78, 5) is 2.42. The highest BCUT2D eigenvalue weighted by Gasteiger charge is 2.09. The minimum Gasteiger partial charge on any atom is -0.301 e. The molecule has 0 heterocycles. The SMILES string of the molecule is CC.CCC[C@@H](C)N(C)C(C)C. The van der Waals surface area contributed by atoms with Crippen molar-refractivity contribution < 1.29 is 0 Å². The number of hydrogen-bond donors (Lipinski definition) is 0. The predicted octanol–water partition coefficient (Wildman–Crippen LogP) is 3.54. The Balaban J connectivity index is 0. The molecule has 0 spiro atoms. The summed E-state index contributed by atoms with van der Waals surface area (Å²) in [5.74, 6) is 0. The molecule has 0 aliphatic heterocycles. The normalized spacial score (nSPS) is 12.8. The van der Waals surface area contributed by atoms with Gasteiger partial charge in [0.25, 0.3) is 0 Å². The van der Waals surface area contributed by atoms with Crippen molar-refractivity contribution in [2.45, 2.75) is 66.5 Å². The van der Waals surface area contributed by atoms with E-state index in [-0.39, 0.29) is 0 Å². The molecule has 0 aliphatic rings.